The molecule has 0 aromatic carbocycles. The lowest BCUT2D eigenvalue weighted by Crippen LogP contribution is -2.11. The maximum absolute atomic E-state index is 12.0. The van der Waals surface area contributed by atoms with Gasteiger partial charge < -0.3 is 4.74 Å². The van der Waals surface area contributed by atoms with Gasteiger partial charge in [0.05, 0.1) is 5.69 Å². The molecule has 20 heavy (non-hydrogen) atoms. The molecular weight excluding hydrogens is 284 g/mol. The molecule has 0 radical (unpaired) electrons. The second kappa shape index (κ2) is 6.00. The molecule has 0 spiro atoms. The monoisotopic (exact) mass is 298 g/mol. The quantitative estimate of drug-likeness (QED) is 0.769. The molecule has 0 aliphatic carbocycles. The topological polar surface area (TPSA) is 87.7 Å². The Kier molecular flexibility index (Phi) is 4.33. The van der Waals surface area contributed by atoms with Crippen LogP contribution < -0.4 is 0 Å². The molecule has 108 valence electrons. The highest BCUT2D eigenvalue weighted by molar-refractivity contribution is 6.32. The average molecular weight is 299 g/mol. The molecule has 2 aromatic heterocycles. The Morgan fingerprint density at radius 2 is 2.20 bits per heavy atom. The van der Waals surface area contributed by atoms with Crippen molar-refractivity contribution in [2.45, 2.75) is 33.4 Å². The highest BCUT2D eigenvalue weighted by atomic mass is 35.5. The number of carbonyl (C=O) groups is 1. The van der Waals surface area contributed by atoms with Crippen LogP contribution in [0.2, 0.25) is 5.15 Å². The first-order valence-corrected chi connectivity index (χ1v) is 6.53. The molecule has 0 atom stereocenters. The van der Waals surface area contributed by atoms with E-state index < -0.39 is 5.97 Å². The molecule has 9 heteroatoms. The molecule has 0 amide bonds. The van der Waals surface area contributed by atoms with E-state index in [2.05, 4.69) is 20.6 Å². The van der Waals surface area contributed by atoms with Crippen molar-refractivity contribution in [1.82, 2.24) is 30.0 Å². The maximum Gasteiger partial charge on any atom is 0.343 e. The van der Waals surface area contributed by atoms with Gasteiger partial charge in [-0.3, -0.25) is 4.68 Å². The molecule has 2 aromatic rings. The van der Waals surface area contributed by atoms with Crippen LogP contribution in [0.3, 0.4) is 0 Å². The fourth-order valence-electron chi connectivity index (χ4n) is 1.78. The molecule has 0 saturated carbocycles. The van der Waals surface area contributed by atoms with Crippen LogP contribution in [0.15, 0.2) is 0 Å². The summed E-state index contributed by atoms with van der Waals surface area (Å²) in [4.78, 5) is 12.0. The van der Waals surface area contributed by atoms with E-state index in [1.54, 1.807) is 18.7 Å². The fourth-order valence-corrected chi connectivity index (χ4v) is 2.03. The number of rotatable bonds is 5. The van der Waals surface area contributed by atoms with Crippen LogP contribution in [0.4, 0.5) is 0 Å². The second-order valence-corrected chi connectivity index (χ2v) is 4.63. The van der Waals surface area contributed by atoms with Crippen LogP contribution in [0.5, 0.6) is 0 Å². The van der Waals surface area contributed by atoms with E-state index in [4.69, 9.17) is 16.3 Å². The van der Waals surface area contributed by atoms with Crippen LogP contribution in [-0.2, 0) is 24.9 Å². The number of nitrogens with zero attached hydrogens (tertiary/aromatic N) is 6. The van der Waals surface area contributed by atoms with E-state index in [9.17, 15) is 4.79 Å². The minimum absolute atomic E-state index is 0.00348. The van der Waals surface area contributed by atoms with Crippen molar-refractivity contribution < 1.29 is 9.53 Å². The summed E-state index contributed by atoms with van der Waals surface area (Å²) in [6, 6.07) is 0. The number of aryl methyl sites for hydroxylation is 3. The zero-order valence-electron chi connectivity index (χ0n) is 11.5. The molecule has 2 rings (SSSR count). The Morgan fingerprint density at radius 3 is 2.80 bits per heavy atom. The van der Waals surface area contributed by atoms with Crippen LogP contribution >= 0.6 is 11.6 Å². The smallest absolute Gasteiger partial charge is 0.343 e. The number of carbonyl (C=O) groups excluding carboxylic acids is 1. The van der Waals surface area contributed by atoms with Gasteiger partial charge in [0.15, 0.2) is 12.4 Å². The number of hydrogen-bond acceptors (Lipinski definition) is 6. The van der Waals surface area contributed by atoms with Crippen LogP contribution in [0.1, 0.15) is 35.2 Å². The molecule has 0 aliphatic rings. The summed E-state index contributed by atoms with van der Waals surface area (Å²) in [5, 5.41) is 15.5. The number of tetrazole rings is 1. The molecule has 0 N–H and O–H groups in total. The van der Waals surface area contributed by atoms with E-state index in [0.717, 1.165) is 6.42 Å². The van der Waals surface area contributed by atoms with Crippen LogP contribution in [-0.4, -0.2) is 36.0 Å². The normalized spacial score (nSPS) is 10.8. The first-order valence-electron chi connectivity index (χ1n) is 6.15. The van der Waals surface area contributed by atoms with E-state index >= 15 is 0 Å². The van der Waals surface area contributed by atoms with Crippen molar-refractivity contribution >= 4 is 17.6 Å². The lowest BCUT2D eigenvalue weighted by atomic mass is 10.3. The van der Waals surface area contributed by atoms with Crippen molar-refractivity contribution in [3.63, 3.8) is 0 Å². The van der Waals surface area contributed by atoms with Crippen molar-refractivity contribution in [2.24, 2.45) is 7.05 Å². The molecule has 0 aliphatic heterocycles. The van der Waals surface area contributed by atoms with Crippen LogP contribution in [0.25, 0.3) is 0 Å². The van der Waals surface area contributed by atoms with Crippen LogP contribution in [0, 0.1) is 6.92 Å². The van der Waals surface area contributed by atoms with Gasteiger partial charge in [-0.1, -0.05) is 18.5 Å². The Hall–Kier alpha value is -1.96. The predicted octanol–water partition coefficient (Wildman–Crippen LogP) is 1.14. The third kappa shape index (κ3) is 2.79. The van der Waals surface area contributed by atoms with Crippen molar-refractivity contribution in [3.05, 3.63) is 22.2 Å². The van der Waals surface area contributed by atoms with Gasteiger partial charge >= 0.3 is 5.97 Å². The van der Waals surface area contributed by atoms with Crippen molar-refractivity contribution in [2.75, 3.05) is 0 Å². The van der Waals surface area contributed by atoms with E-state index in [1.165, 1.54) is 4.68 Å². The number of esters is 1. The van der Waals surface area contributed by atoms with Gasteiger partial charge in [-0.2, -0.15) is 5.10 Å². The van der Waals surface area contributed by atoms with Gasteiger partial charge in [-0.05, 0) is 23.8 Å². The number of ether oxygens (including phenoxy) is 1. The zero-order chi connectivity index (χ0) is 14.7. The first kappa shape index (κ1) is 14.4. The molecule has 0 bridgehead atoms. The highest BCUT2D eigenvalue weighted by Crippen LogP contribution is 2.19. The van der Waals surface area contributed by atoms with Gasteiger partial charge in [0.25, 0.3) is 0 Å². The maximum atomic E-state index is 12.0. The van der Waals surface area contributed by atoms with Gasteiger partial charge in [-0.15, -0.1) is 5.10 Å². The van der Waals surface area contributed by atoms with E-state index in [-0.39, 0.29) is 17.3 Å². The number of aromatic nitrogens is 6. The van der Waals surface area contributed by atoms with Gasteiger partial charge in [0.1, 0.15) is 10.7 Å². The molecule has 0 unspecified atom stereocenters. The van der Waals surface area contributed by atoms with Gasteiger partial charge in [0.2, 0.25) is 0 Å². The lowest BCUT2D eigenvalue weighted by molar-refractivity contribution is 0.0455. The van der Waals surface area contributed by atoms with E-state index in [0.29, 0.717) is 18.1 Å². The zero-order valence-corrected chi connectivity index (χ0v) is 12.3. The Labute approximate surface area is 120 Å². The van der Waals surface area contributed by atoms with Gasteiger partial charge in [-0.25, -0.2) is 9.48 Å². The summed E-state index contributed by atoms with van der Waals surface area (Å²) in [7, 11) is 1.66. The van der Waals surface area contributed by atoms with Crippen molar-refractivity contribution in [1.29, 1.82) is 0 Å². The number of hydrogen-bond donors (Lipinski definition) is 0. The third-order valence-corrected chi connectivity index (χ3v) is 3.16. The minimum Gasteiger partial charge on any atom is -0.454 e. The molecule has 0 saturated heterocycles. The Morgan fingerprint density at radius 1 is 1.45 bits per heavy atom. The fraction of sp³-hybridized carbons (Fsp3) is 0.545. The standard InChI is InChI=1S/C11H15ClN6O2/c1-4-5-18-8(13-15-16-18)6-20-11(19)9-7(2)14-17(3)10(9)12/h4-6H2,1-3H3. The average Bonchev–Trinajstić information content (AvgIpc) is 2.93. The molecular formula is C11H15ClN6O2. The summed E-state index contributed by atoms with van der Waals surface area (Å²) in [5.41, 5.74) is 0.791. The third-order valence-electron chi connectivity index (χ3n) is 2.73. The molecule has 2 heterocycles. The van der Waals surface area contributed by atoms with Gasteiger partial charge in [0, 0.05) is 13.6 Å². The summed E-state index contributed by atoms with van der Waals surface area (Å²) >= 11 is 6.00. The Balaban J connectivity index is 2.07. The predicted molar refractivity (Wildman–Crippen MR) is 70.2 cm³/mol. The molecule has 8 nitrogen and oxygen atoms in total. The minimum atomic E-state index is -0.536. The molecule has 0 fully saturated rings. The SMILES string of the molecule is CCCn1nnnc1COC(=O)c1c(C)nn(C)c1Cl. The van der Waals surface area contributed by atoms with E-state index in [1.807, 2.05) is 6.92 Å². The summed E-state index contributed by atoms with van der Waals surface area (Å²) in [6.45, 7) is 4.38. The highest BCUT2D eigenvalue weighted by Gasteiger charge is 2.21. The number of halogens is 1. The summed E-state index contributed by atoms with van der Waals surface area (Å²) in [6.07, 6.45) is 0.888. The van der Waals surface area contributed by atoms with Crippen molar-refractivity contribution in [3.8, 4) is 0 Å². The summed E-state index contributed by atoms with van der Waals surface area (Å²) < 4.78 is 8.22. The lowest BCUT2D eigenvalue weighted by Gasteiger charge is -2.05. The summed E-state index contributed by atoms with van der Waals surface area (Å²) in [5.74, 6) is -0.0375. The second-order valence-electron chi connectivity index (χ2n) is 4.27. The largest absolute Gasteiger partial charge is 0.454 e. The Bertz CT molecular complexity index is 620. The first-order chi connectivity index (χ1) is 9.54.